The van der Waals surface area contributed by atoms with Gasteiger partial charge in [0.25, 0.3) is 5.91 Å². The van der Waals surface area contributed by atoms with E-state index in [1.807, 2.05) is 24.3 Å². The Kier molecular flexibility index (Phi) is 2.54. The van der Waals surface area contributed by atoms with Crippen molar-refractivity contribution in [3.8, 4) is 0 Å². The quantitative estimate of drug-likeness (QED) is 0.790. The molecule has 4 nitrogen and oxygen atoms in total. The molecule has 1 aliphatic heterocycles. The number of allylic oxidation sites excluding steroid dienone is 4. The van der Waals surface area contributed by atoms with Crippen LogP contribution < -0.4 is 5.32 Å². The average molecular weight is 281 g/mol. The van der Waals surface area contributed by atoms with Crippen LogP contribution in [0.3, 0.4) is 0 Å². The maximum atomic E-state index is 13.5. The first-order valence-electron chi connectivity index (χ1n) is 6.73. The van der Waals surface area contributed by atoms with Crippen LogP contribution in [0.15, 0.2) is 53.6 Å². The molecule has 21 heavy (non-hydrogen) atoms. The maximum Gasteiger partial charge on any atom is 0.252 e. The number of aromatic amines is 1. The van der Waals surface area contributed by atoms with Gasteiger partial charge in [-0.3, -0.25) is 9.89 Å². The van der Waals surface area contributed by atoms with E-state index in [0.717, 1.165) is 22.2 Å². The third kappa shape index (κ3) is 1.98. The molecular formula is C16H12FN3O. The number of nitrogens with one attached hydrogen (secondary N) is 2. The van der Waals surface area contributed by atoms with Crippen molar-refractivity contribution in [3.05, 3.63) is 59.2 Å². The lowest BCUT2D eigenvalue weighted by Gasteiger charge is -2.13. The number of rotatable bonds is 1. The first kappa shape index (κ1) is 12.1. The Hall–Kier alpha value is -2.69. The van der Waals surface area contributed by atoms with E-state index < -0.39 is 0 Å². The van der Waals surface area contributed by atoms with Gasteiger partial charge in [0.2, 0.25) is 0 Å². The van der Waals surface area contributed by atoms with Crippen LogP contribution in [0.5, 0.6) is 0 Å². The zero-order valence-corrected chi connectivity index (χ0v) is 11.1. The lowest BCUT2D eigenvalue weighted by molar-refractivity contribution is -0.115. The number of benzene rings is 1. The highest BCUT2D eigenvalue weighted by atomic mass is 19.1. The van der Waals surface area contributed by atoms with Crippen LogP contribution in [0.4, 0.5) is 4.39 Å². The molecule has 104 valence electrons. The number of amides is 1. The first-order chi connectivity index (χ1) is 10.2. The molecule has 0 saturated carbocycles. The van der Waals surface area contributed by atoms with Gasteiger partial charge >= 0.3 is 0 Å². The SMILES string of the molecule is O=C1NC2=CC=C(F)CC2/C1=C\c1ccc2cn[nH]c2c1. The number of fused-ring (bicyclic) bond motifs is 2. The summed E-state index contributed by atoms with van der Waals surface area (Å²) >= 11 is 0. The van der Waals surface area contributed by atoms with Crippen molar-refractivity contribution in [1.29, 1.82) is 0 Å². The summed E-state index contributed by atoms with van der Waals surface area (Å²) in [6, 6.07) is 5.80. The highest BCUT2D eigenvalue weighted by molar-refractivity contribution is 6.03. The Bertz CT molecular complexity index is 844. The molecule has 2 heterocycles. The number of carbonyl (C=O) groups excluding carboxylic acids is 1. The van der Waals surface area contributed by atoms with Crippen molar-refractivity contribution < 1.29 is 9.18 Å². The molecule has 1 fully saturated rings. The molecule has 2 N–H and O–H groups in total. The summed E-state index contributed by atoms with van der Waals surface area (Å²) in [5, 5.41) is 10.7. The Morgan fingerprint density at radius 2 is 2.24 bits per heavy atom. The van der Waals surface area contributed by atoms with Gasteiger partial charge in [-0.2, -0.15) is 5.10 Å². The van der Waals surface area contributed by atoms with Crippen molar-refractivity contribution in [2.75, 3.05) is 0 Å². The fourth-order valence-electron chi connectivity index (χ4n) is 2.83. The molecule has 0 spiro atoms. The van der Waals surface area contributed by atoms with E-state index in [0.29, 0.717) is 5.57 Å². The minimum Gasteiger partial charge on any atom is -0.325 e. The second kappa shape index (κ2) is 4.41. The summed E-state index contributed by atoms with van der Waals surface area (Å²) < 4.78 is 13.5. The molecule has 1 atom stereocenters. The second-order valence-electron chi connectivity index (χ2n) is 5.26. The Balaban J connectivity index is 1.75. The summed E-state index contributed by atoms with van der Waals surface area (Å²) in [5.41, 5.74) is 3.18. The number of H-pyrrole nitrogens is 1. The topological polar surface area (TPSA) is 57.8 Å². The standard InChI is InChI=1S/C16H12FN3O/c17-11-3-4-14-12(7-11)13(16(21)19-14)5-9-1-2-10-8-18-20-15(10)6-9/h1-6,8,12H,7H2,(H,18,20)(H,19,21)/b13-5+. The molecule has 0 radical (unpaired) electrons. The van der Waals surface area contributed by atoms with Crippen LogP contribution in [-0.2, 0) is 4.79 Å². The summed E-state index contributed by atoms with van der Waals surface area (Å²) in [5.74, 6) is -0.561. The van der Waals surface area contributed by atoms with E-state index in [9.17, 15) is 9.18 Å². The van der Waals surface area contributed by atoms with Crippen molar-refractivity contribution >= 4 is 22.9 Å². The van der Waals surface area contributed by atoms with Crippen LogP contribution >= 0.6 is 0 Å². The molecule has 5 heteroatoms. The molecule has 1 aromatic heterocycles. The smallest absolute Gasteiger partial charge is 0.252 e. The third-order valence-electron chi connectivity index (χ3n) is 3.90. The number of nitrogens with zero attached hydrogens (tertiary/aromatic N) is 1. The van der Waals surface area contributed by atoms with Crippen LogP contribution in [0.25, 0.3) is 17.0 Å². The summed E-state index contributed by atoms with van der Waals surface area (Å²) in [6.07, 6.45) is 6.85. The van der Waals surface area contributed by atoms with Crippen molar-refractivity contribution in [2.45, 2.75) is 6.42 Å². The molecular weight excluding hydrogens is 269 g/mol. The molecule has 1 unspecified atom stereocenters. The van der Waals surface area contributed by atoms with Gasteiger partial charge in [-0.1, -0.05) is 12.1 Å². The van der Waals surface area contributed by atoms with Gasteiger partial charge in [0, 0.05) is 29.0 Å². The number of carbonyl (C=O) groups is 1. The monoisotopic (exact) mass is 281 g/mol. The molecule has 2 aliphatic rings. The largest absolute Gasteiger partial charge is 0.325 e. The zero-order chi connectivity index (χ0) is 14.4. The number of halogens is 1. The van der Waals surface area contributed by atoms with Crippen molar-refractivity contribution in [3.63, 3.8) is 0 Å². The van der Waals surface area contributed by atoms with E-state index >= 15 is 0 Å². The van der Waals surface area contributed by atoms with Crippen LogP contribution in [0.2, 0.25) is 0 Å². The Morgan fingerprint density at radius 1 is 1.33 bits per heavy atom. The van der Waals surface area contributed by atoms with Gasteiger partial charge in [0.15, 0.2) is 0 Å². The lowest BCUT2D eigenvalue weighted by Crippen LogP contribution is -2.13. The fraction of sp³-hybridized carbons (Fsp3) is 0.125. The molecule has 1 aromatic carbocycles. The fourth-order valence-corrected chi connectivity index (χ4v) is 2.83. The summed E-state index contributed by atoms with van der Waals surface area (Å²) in [7, 11) is 0. The summed E-state index contributed by atoms with van der Waals surface area (Å²) in [4.78, 5) is 12.1. The van der Waals surface area contributed by atoms with Gasteiger partial charge in [0.05, 0.1) is 11.7 Å². The minimum atomic E-state index is -0.208. The Labute approximate surface area is 120 Å². The van der Waals surface area contributed by atoms with Crippen LogP contribution in [-0.4, -0.2) is 16.1 Å². The highest BCUT2D eigenvalue weighted by Crippen LogP contribution is 2.36. The molecule has 1 saturated heterocycles. The second-order valence-corrected chi connectivity index (χ2v) is 5.26. The predicted molar refractivity (Wildman–Crippen MR) is 77.6 cm³/mol. The molecule has 4 rings (SSSR count). The lowest BCUT2D eigenvalue weighted by atomic mass is 9.90. The average Bonchev–Trinajstić information content (AvgIpc) is 3.04. The molecule has 2 aromatic rings. The van der Waals surface area contributed by atoms with Crippen molar-refractivity contribution in [2.24, 2.45) is 5.92 Å². The number of hydrogen-bond acceptors (Lipinski definition) is 2. The minimum absolute atomic E-state index is 0.154. The van der Waals surface area contributed by atoms with Gasteiger partial charge < -0.3 is 5.32 Å². The summed E-state index contributed by atoms with van der Waals surface area (Å²) in [6.45, 7) is 0. The van der Waals surface area contributed by atoms with E-state index in [1.165, 1.54) is 6.08 Å². The number of aromatic nitrogens is 2. The molecule has 1 aliphatic carbocycles. The van der Waals surface area contributed by atoms with Gasteiger partial charge in [-0.25, -0.2) is 4.39 Å². The van der Waals surface area contributed by atoms with Crippen LogP contribution in [0.1, 0.15) is 12.0 Å². The third-order valence-corrected chi connectivity index (χ3v) is 3.90. The first-order valence-corrected chi connectivity index (χ1v) is 6.73. The van der Waals surface area contributed by atoms with Crippen LogP contribution in [0, 0.1) is 5.92 Å². The Morgan fingerprint density at radius 3 is 3.14 bits per heavy atom. The molecule has 1 amide bonds. The van der Waals surface area contributed by atoms with Gasteiger partial charge in [-0.05, 0) is 29.9 Å². The zero-order valence-electron chi connectivity index (χ0n) is 11.1. The maximum absolute atomic E-state index is 13.5. The van der Waals surface area contributed by atoms with E-state index in [1.54, 1.807) is 12.3 Å². The predicted octanol–water partition coefficient (Wildman–Crippen LogP) is 2.83. The van der Waals surface area contributed by atoms with Gasteiger partial charge in [0.1, 0.15) is 5.83 Å². The number of hydrogen-bond donors (Lipinski definition) is 2. The van der Waals surface area contributed by atoms with E-state index in [4.69, 9.17) is 0 Å². The van der Waals surface area contributed by atoms with E-state index in [-0.39, 0.29) is 24.1 Å². The van der Waals surface area contributed by atoms with Gasteiger partial charge in [-0.15, -0.1) is 0 Å². The normalized spacial score (nSPS) is 23.0. The van der Waals surface area contributed by atoms with Crippen molar-refractivity contribution in [1.82, 2.24) is 15.5 Å². The van der Waals surface area contributed by atoms with E-state index in [2.05, 4.69) is 15.5 Å². The highest BCUT2D eigenvalue weighted by Gasteiger charge is 2.34. The molecule has 0 bridgehead atoms.